The van der Waals surface area contributed by atoms with E-state index < -0.39 is 20.0 Å². The van der Waals surface area contributed by atoms with Gasteiger partial charge in [-0.3, -0.25) is 18.6 Å². The average Bonchev–Trinajstić information content (AvgIpc) is 3.40. The van der Waals surface area contributed by atoms with Gasteiger partial charge >= 0.3 is 13.8 Å². The monoisotopic (exact) mass is 1120 g/mol. The molecule has 456 valence electrons. The van der Waals surface area contributed by atoms with Crippen molar-refractivity contribution in [3.63, 3.8) is 0 Å². The molecule has 0 aromatic carbocycles. The van der Waals surface area contributed by atoms with Gasteiger partial charge < -0.3 is 19.4 Å². The average molecular weight is 1120 g/mol. The molecule has 1 amide bonds. The Kier molecular flexibility index (Phi) is 56.2. The van der Waals surface area contributed by atoms with Crippen LogP contribution in [0.15, 0.2) is 60.8 Å². The van der Waals surface area contributed by atoms with E-state index in [1.54, 1.807) is 0 Å². The van der Waals surface area contributed by atoms with E-state index >= 15 is 0 Å². The van der Waals surface area contributed by atoms with Gasteiger partial charge in [0.1, 0.15) is 19.3 Å². The van der Waals surface area contributed by atoms with Gasteiger partial charge in [-0.1, -0.05) is 281 Å². The van der Waals surface area contributed by atoms with Gasteiger partial charge in [-0.15, -0.1) is 0 Å². The van der Waals surface area contributed by atoms with Crippen molar-refractivity contribution in [2.24, 2.45) is 0 Å². The second-order valence-corrected chi connectivity index (χ2v) is 25.1. The number of hydrogen-bond acceptors (Lipinski definition) is 6. The zero-order chi connectivity index (χ0) is 57.2. The molecule has 0 aliphatic rings. The highest BCUT2D eigenvalue weighted by Crippen LogP contribution is 2.43. The van der Waals surface area contributed by atoms with Crippen LogP contribution >= 0.6 is 7.82 Å². The molecule has 10 heteroatoms. The van der Waals surface area contributed by atoms with Crippen LogP contribution in [0.2, 0.25) is 0 Å². The second kappa shape index (κ2) is 57.9. The third-order valence-corrected chi connectivity index (χ3v) is 15.7. The normalized spacial score (nSPS) is 14.0. The molecule has 0 saturated heterocycles. The minimum absolute atomic E-state index is 0.0386. The summed E-state index contributed by atoms with van der Waals surface area (Å²) in [6.07, 6.45) is 73.5. The molecule has 9 nitrogen and oxygen atoms in total. The molecular formula is C68H128N2O7P+. The molecule has 78 heavy (non-hydrogen) atoms. The fraction of sp³-hybridized carbons (Fsp3) is 0.824. The van der Waals surface area contributed by atoms with Gasteiger partial charge in [-0.05, 0) is 76.7 Å². The van der Waals surface area contributed by atoms with Crippen LogP contribution in [0, 0.1) is 0 Å². The predicted octanol–water partition coefficient (Wildman–Crippen LogP) is 20.6. The summed E-state index contributed by atoms with van der Waals surface area (Å²) in [5, 5.41) is 3.06. The minimum Gasteiger partial charge on any atom is -0.456 e. The Balaban J connectivity index is 5.21. The lowest BCUT2D eigenvalue weighted by Gasteiger charge is -2.27. The molecule has 2 N–H and O–H groups in total. The molecule has 0 saturated carbocycles. The maximum absolute atomic E-state index is 13.6. The number of carbonyl (C=O) groups is 2. The number of unbranched alkanes of at least 4 members (excludes halogenated alkanes) is 36. The van der Waals surface area contributed by atoms with Crippen LogP contribution in [-0.2, 0) is 27.9 Å². The van der Waals surface area contributed by atoms with Crippen molar-refractivity contribution < 1.29 is 37.3 Å². The number of nitrogens with one attached hydrogen (secondary N) is 1. The van der Waals surface area contributed by atoms with E-state index in [4.69, 9.17) is 13.8 Å². The fourth-order valence-electron chi connectivity index (χ4n) is 9.57. The van der Waals surface area contributed by atoms with Crippen molar-refractivity contribution in [2.75, 3.05) is 40.9 Å². The van der Waals surface area contributed by atoms with Crippen LogP contribution in [0.5, 0.6) is 0 Å². The molecule has 0 fully saturated rings. The van der Waals surface area contributed by atoms with Crippen LogP contribution in [0.1, 0.15) is 310 Å². The van der Waals surface area contributed by atoms with Crippen molar-refractivity contribution in [1.29, 1.82) is 0 Å². The van der Waals surface area contributed by atoms with Crippen LogP contribution in [0.25, 0.3) is 0 Å². The number of likely N-dealkylation sites (N-methyl/N-ethyl adjacent to an activating group) is 1. The van der Waals surface area contributed by atoms with Gasteiger partial charge in [0.15, 0.2) is 0 Å². The molecule has 0 aliphatic heterocycles. The lowest BCUT2D eigenvalue weighted by molar-refractivity contribution is -0.870. The van der Waals surface area contributed by atoms with Crippen molar-refractivity contribution in [1.82, 2.24) is 5.32 Å². The van der Waals surface area contributed by atoms with Crippen LogP contribution < -0.4 is 5.32 Å². The molecule has 0 heterocycles. The molecule has 3 atom stereocenters. The summed E-state index contributed by atoms with van der Waals surface area (Å²) in [6.45, 7) is 7.01. The predicted molar refractivity (Wildman–Crippen MR) is 337 cm³/mol. The van der Waals surface area contributed by atoms with Gasteiger partial charge in [-0.25, -0.2) is 4.57 Å². The van der Waals surface area contributed by atoms with Crippen molar-refractivity contribution in [3.05, 3.63) is 60.8 Å². The highest BCUT2D eigenvalue weighted by molar-refractivity contribution is 7.47. The number of hydrogen-bond donors (Lipinski definition) is 2. The lowest BCUT2D eigenvalue weighted by Crippen LogP contribution is -2.47. The number of ether oxygens (including phenoxy) is 1. The zero-order valence-electron chi connectivity index (χ0n) is 52.2. The maximum Gasteiger partial charge on any atom is 0.472 e. The van der Waals surface area contributed by atoms with Gasteiger partial charge in [-0.2, -0.15) is 0 Å². The Labute approximate surface area is 483 Å². The number of esters is 1. The van der Waals surface area contributed by atoms with Crippen molar-refractivity contribution >= 4 is 19.7 Å². The van der Waals surface area contributed by atoms with E-state index in [0.717, 1.165) is 89.9 Å². The Hall–Kier alpha value is -2.29. The van der Waals surface area contributed by atoms with E-state index in [1.807, 2.05) is 33.3 Å². The number of phosphoric ester groups is 1. The Morgan fingerprint density at radius 1 is 0.449 bits per heavy atom. The number of nitrogens with zero attached hydrogens (tertiary/aromatic N) is 1. The summed E-state index contributed by atoms with van der Waals surface area (Å²) >= 11 is 0. The zero-order valence-corrected chi connectivity index (χ0v) is 53.1. The van der Waals surface area contributed by atoms with E-state index in [-0.39, 0.29) is 31.5 Å². The Morgan fingerprint density at radius 3 is 1.19 bits per heavy atom. The summed E-state index contributed by atoms with van der Waals surface area (Å²) in [5.41, 5.74) is 0. The Bertz CT molecular complexity index is 1520. The summed E-state index contributed by atoms with van der Waals surface area (Å²) in [6, 6.07) is -0.852. The first kappa shape index (κ1) is 75.7. The summed E-state index contributed by atoms with van der Waals surface area (Å²) < 4.78 is 30.8. The number of amides is 1. The van der Waals surface area contributed by atoms with Crippen molar-refractivity contribution in [2.45, 2.75) is 322 Å². The third kappa shape index (κ3) is 58.4. The number of quaternary nitrogens is 1. The Morgan fingerprint density at radius 2 is 0.782 bits per heavy atom. The van der Waals surface area contributed by atoms with Gasteiger partial charge in [0.05, 0.1) is 33.8 Å². The van der Waals surface area contributed by atoms with Gasteiger partial charge in [0, 0.05) is 12.8 Å². The molecule has 0 aliphatic carbocycles. The second-order valence-electron chi connectivity index (χ2n) is 23.6. The quantitative estimate of drug-likeness (QED) is 0.0205. The summed E-state index contributed by atoms with van der Waals surface area (Å²) in [7, 11) is 1.50. The molecule has 0 bridgehead atoms. The van der Waals surface area contributed by atoms with Crippen molar-refractivity contribution in [3.8, 4) is 0 Å². The molecular weight excluding hydrogens is 988 g/mol. The molecule has 0 aromatic rings. The van der Waals surface area contributed by atoms with Crippen LogP contribution in [-0.4, -0.2) is 74.3 Å². The smallest absolute Gasteiger partial charge is 0.456 e. The minimum atomic E-state index is -4.45. The highest BCUT2D eigenvalue weighted by Gasteiger charge is 2.30. The first-order chi connectivity index (χ1) is 37.9. The first-order valence-electron chi connectivity index (χ1n) is 33.1. The number of carbonyl (C=O) groups excluding carboxylic acids is 2. The summed E-state index contributed by atoms with van der Waals surface area (Å²) in [4.78, 5) is 37.8. The van der Waals surface area contributed by atoms with E-state index in [1.165, 1.54) is 186 Å². The maximum atomic E-state index is 13.6. The standard InChI is InChI=1S/C68H127N2O7P/c1-7-10-13-16-19-22-25-28-30-32-33-34-35-36-37-38-40-43-46-49-52-55-58-61-68(72)77-66(59-56-53-50-47-44-41-27-24-21-18-15-12-9-3)65(64-76-78(73,74)75-63-62-70(4,5)6)69-67(71)60-57-54-51-48-45-42-39-31-29-26-23-20-17-14-11-8-2/h19,22,28,30,33-34,36-37,56,59,65-66H,7-18,20-21,23-27,29,31-32,35,38-55,57-58,60-64H2,1-6H3,(H-,69,71,73,74)/p+1/b22-19-,30-28-,34-33-,37-36-,59-56+. The fourth-order valence-corrected chi connectivity index (χ4v) is 10.3. The summed E-state index contributed by atoms with van der Waals surface area (Å²) in [5.74, 6) is -0.506. The topological polar surface area (TPSA) is 111 Å². The third-order valence-electron chi connectivity index (χ3n) is 14.7. The van der Waals surface area contributed by atoms with E-state index in [9.17, 15) is 19.0 Å². The van der Waals surface area contributed by atoms with Gasteiger partial charge in [0.2, 0.25) is 5.91 Å². The number of allylic oxidation sites excluding steroid dienone is 9. The SMILES string of the molecule is CCCCC/C=C\C/C=C\C/C=C\C/C=C\CCCCCCCCCC(=O)OC(/C=C/CCCCCCCCCCCCC)C(COP(=O)(O)OCC[N+](C)(C)C)NC(=O)CCCCCCCCCCCCCCCCCC. The highest BCUT2D eigenvalue weighted by atomic mass is 31.2. The molecule has 0 aromatic heterocycles. The van der Waals surface area contributed by atoms with Gasteiger partial charge in [0.25, 0.3) is 0 Å². The molecule has 0 rings (SSSR count). The largest absolute Gasteiger partial charge is 0.472 e. The van der Waals surface area contributed by atoms with Crippen LogP contribution in [0.4, 0.5) is 0 Å². The molecule has 3 unspecified atom stereocenters. The van der Waals surface area contributed by atoms with E-state index in [0.29, 0.717) is 17.4 Å². The molecule has 0 radical (unpaired) electrons. The lowest BCUT2D eigenvalue weighted by atomic mass is 10.0. The van der Waals surface area contributed by atoms with Crippen LogP contribution in [0.3, 0.4) is 0 Å². The van der Waals surface area contributed by atoms with E-state index in [2.05, 4.69) is 74.7 Å². The number of rotatable bonds is 60. The first-order valence-corrected chi connectivity index (χ1v) is 34.6. The molecule has 0 spiro atoms. The number of phosphoric acid groups is 1.